The molecule has 6 heteroatoms. The Balaban J connectivity index is 1.50. The fourth-order valence-corrected chi connectivity index (χ4v) is 3.29. The van der Waals surface area contributed by atoms with Crippen LogP contribution in [0.2, 0.25) is 0 Å². The molecule has 0 aromatic carbocycles. The normalized spacial score (nSPS) is 19.2. The number of anilines is 1. The molecule has 0 bridgehead atoms. The van der Waals surface area contributed by atoms with Gasteiger partial charge in [0.2, 0.25) is 0 Å². The number of hydrogen-bond acceptors (Lipinski definition) is 4. The van der Waals surface area contributed by atoms with Crippen LogP contribution in [0.3, 0.4) is 0 Å². The monoisotopic (exact) mass is 331 g/mol. The van der Waals surface area contributed by atoms with E-state index in [9.17, 15) is 4.79 Å². The molecule has 6 nitrogen and oxygen atoms in total. The Morgan fingerprint density at radius 1 is 1.21 bits per heavy atom. The van der Waals surface area contributed by atoms with Gasteiger partial charge in [-0.05, 0) is 25.0 Å². The summed E-state index contributed by atoms with van der Waals surface area (Å²) in [4.78, 5) is 16.3. The van der Waals surface area contributed by atoms with Crippen LogP contribution in [-0.2, 0) is 5.41 Å². The first kappa shape index (κ1) is 17.0. The number of nitrogens with zero attached hydrogens (tertiary/aromatic N) is 4. The molecule has 2 amide bonds. The molecule has 0 atom stereocenters. The minimum absolute atomic E-state index is 0.0154. The Hall–Kier alpha value is -1.85. The van der Waals surface area contributed by atoms with E-state index in [1.165, 1.54) is 12.8 Å². The third kappa shape index (κ3) is 3.62. The van der Waals surface area contributed by atoms with Gasteiger partial charge in [-0.25, -0.2) is 4.79 Å². The third-order valence-electron chi connectivity index (χ3n) is 5.16. The van der Waals surface area contributed by atoms with Crippen LogP contribution in [0, 0.1) is 0 Å². The molecule has 2 fully saturated rings. The maximum Gasteiger partial charge on any atom is 0.317 e. The first-order valence-corrected chi connectivity index (χ1v) is 8.97. The van der Waals surface area contributed by atoms with Crippen molar-refractivity contribution in [2.24, 2.45) is 0 Å². The number of hydrogen-bond donors (Lipinski definition) is 1. The summed E-state index contributed by atoms with van der Waals surface area (Å²) in [5.41, 5.74) is 1.01. The molecular weight excluding hydrogens is 302 g/mol. The average Bonchev–Trinajstić information content (AvgIpc) is 2.98. The van der Waals surface area contributed by atoms with Crippen LogP contribution in [0.25, 0.3) is 0 Å². The molecule has 0 spiro atoms. The first-order valence-electron chi connectivity index (χ1n) is 8.97. The molecule has 2 aliphatic rings. The van der Waals surface area contributed by atoms with E-state index in [0.717, 1.165) is 37.4 Å². The van der Waals surface area contributed by atoms with E-state index in [2.05, 4.69) is 41.2 Å². The molecular formula is C18H29N5O. The van der Waals surface area contributed by atoms with Crippen molar-refractivity contribution in [2.45, 2.75) is 64.0 Å². The first-order chi connectivity index (χ1) is 11.3. The number of likely N-dealkylation sites (N-methyl/N-ethyl adjacent to an activating group) is 1. The van der Waals surface area contributed by atoms with Crippen LogP contribution in [0.5, 0.6) is 0 Å². The summed E-state index contributed by atoms with van der Waals surface area (Å²) in [5.74, 6) is 0.892. The minimum atomic E-state index is 0.0154. The van der Waals surface area contributed by atoms with Crippen molar-refractivity contribution >= 4 is 11.8 Å². The lowest BCUT2D eigenvalue weighted by Crippen LogP contribution is -2.62. The molecule has 1 aliphatic heterocycles. The Labute approximate surface area is 144 Å². The van der Waals surface area contributed by atoms with Gasteiger partial charge in [-0.3, -0.25) is 0 Å². The smallest absolute Gasteiger partial charge is 0.317 e. The second kappa shape index (κ2) is 6.57. The molecule has 2 heterocycles. The summed E-state index contributed by atoms with van der Waals surface area (Å²) >= 11 is 0. The molecule has 132 valence electrons. The van der Waals surface area contributed by atoms with Crippen molar-refractivity contribution in [1.82, 2.24) is 20.4 Å². The van der Waals surface area contributed by atoms with Crippen molar-refractivity contribution in [1.29, 1.82) is 0 Å². The maximum absolute atomic E-state index is 12.3. The predicted octanol–water partition coefficient (Wildman–Crippen LogP) is 2.55. The van der Waals surface area contributed by atoms with Gasteiger partial charge in [-0.2, -0.15) is 5.10 Å². The number of urea groups is 1. The quantitative estimate of drug-likeness (QED) is 0.924. The highest BCUT2D eigenvalue weighted by atomic mass is 16.2. The lowest BCUT2D eigenvalue weighted by molar-refractivity contribution is 0.175. The number of aromatic nitrogens is 2. The maximum atomic E-state index is 12.3. The lowest BCUT2D eigenvalue weighted by Gasteiger charge is -2.44. The lowest BCUT2D eigenvalue weighted by atomic mass is 9.92. The van der Waals surface area contributed by atoms with Crippen LogP contribution in [0.4, 0.5) is 10.6 Å². The Morgan fingerprint density at radius 3 is 2.42 bits per heavy atom. The van der Waals surface area contributed by atoms with Crippen LogP contribution in [-0.4, -0.2) is 53.3 Å². The van der Waals surface area contributed by atoms with Crippen molar-refractivity contribution < 1.29 is 4.79 Å². The van der Waals surface area contributed by atoms with E-state index in [0.29, 0.717) is 6.04 Å². The topological polar surface area (TPSA) is 61.4 Å². The molecule has 1 N–H and O–H groups in total. The fourth-order valence-electron chi connectivity index (χ4n) is 3.29. The van der Waals surface area contributed by atoms with Gasteiger partial charge in [0.15, 0.2) is 5.82 Å². The van der Waals surface area contributed by atoms with E-state index in [4.69, 9.17) is 0 Å². The zero-order chi connectivity index (χ0) is 17.3. The summed E-state index contributed by atoms with van der Waals surface area (Å²) < 4.78 is 0. The highest BCUT2D eigenvalue weighted by Gasteiger charge is 2.34. The summed E-state index contributed by atoms with van der Waals surface area (Å²) in [5, 5.41) is 11.8. The van der Waals surface area contributed by atoms with E-state index in [1.54, 1.807) is 0 Å². The summed E-state index contributed by atoms with van der Waals surface area (Å²) in [6.45, 7) is 8.03. The van der Waals surface area contributed by atoms with Gasteiger partial charge < -0.3 is 15.1 Å². The zero-order valence-electron chi connectivity index (χ0n) is 15.2. The fraction of sp³-hybridized carbons (Fsp3) is 0.722. The molecule has 3 rings (SSSR count). The molecule has 1 aliphatic carbocycles. The van der Waals surface area contributed by atoms with Crippen molar-refractivity contribution in [3.63, 3.8) is 0 Å². The Bertz CT molecular complexity index is 568. The number of nitrogens with one attached hydrogen (secondary N) is 1. The van der Waals surface area contributed by atoms with Gasteiger partial charge >= 0.3 is 6.03 Å². The minimum Gasteiger partial charge on any atom is -0.351 e. The number of rotatable bonds is 3. The molecule has 1 saturated heterocycles. The standard InChI is InChI=1S/C18H29N5O/c1-18(2,3)15-9-10-16(21-20-15)23-11-14(12-23)22(4)17(24)19-13-7-5-6-8-13/h9-10,13-14H,5-8,11-12H2,1-4H3,(H,19,24). The van der Waals surface area contributed by atoms with Crippen molar-refractivity contribution in [3.05, 3.63) is 17.8 Å². The number of carbonyl (C=O) groups excluding carboxylic acids is 1. The Morgan fingerprint density at radius 2 is 1.88 bits per heavy atom. The SMILES string of the molecule is CN(C(=O)NC1CCCC1)C1CN(c2ccc(C(C)(C)C)nn2)C1. The van der Waals surface area contributed by atoms with E-state index < -0.39 is 0 Å². The largest absolute Gasteiger partial charge is 0.351 e. The average molecular weight is 331 g/mol. The highest BCUT2D eigenvalue weighted by molar-refractivity contribution is 5.75. The molecule has 0 unspecified atom stereocenters. The van der Waals surface area contributed by atoms with Crippen LogP contribution in [0.15, 0.2) is 12.1 Å². The van der Waals surface area contributed by atoms with E-state index in [1.807, 2.05) is 24.1 Å². The predicted molar refractivity (Wildman–Crippen MR) is 95.3 cm³/mol. The second-order valence-electron chi connectivity index (χ2n) is 8.13. The van der Waals surface area contributed by atoms with Gasteiger partial charge in [0.05, 0.1) is 11.7 Å². The highest BCUT2D eigenvalue weighted by Crippen LogP contribution is 2.24. The van der Waals surface area contributed by atoms with Crippen molar-refractivity contribution in [2.75, 3.05) is 25.0 Å². The van der Waals surface area contributed by atoms with Crippen molar-refractivity contribution in [3.8, 4) is 0 Å². The van der Waals surface area contributed by atoms with Crippen LogP contribution < -0.4 is 10.2 Å². The van der Waals surface area contributed by atoms with Crippen LogP contribution in [0.1, 0.15) is 52.1 Å². The third-order valence-corrected chi connectivity index (χ3v) is 5.16. The molecule has 1 aromatic heterocycles. The number of carbonyl (C=O) groups is 1. The summed E-state index contributed by atoms with van der Waals surface area (Å²) in [7, 11) is 1.89. The Kier molecular flexibility index (Phi) is 4.65. The molecule has 24 heavy (non-hydrogen) atoms. The van der Waals surface area contributed by atoms with Gasteiger partial charge in [0, 0.05) is 31.6 Å². The van der Waals surface area contributed by atoms with Gasteiger partial charge in [-0.1, -0.05) is 33.6 Å². The second-order valence-corrected chi connectivity index (χ2v) is 8.13. The zero-order valence-corrected chi connectivity index (χ0v) is 15.2. The molecule has 1 saturated carbocycles. The van der Waals surface area contributed by atoms with Gasteiger partial charge in [0.25, 0.3) is 0 Å². The van der Waals surface area contributed by atoms with E-state index in [-0.39, 0.29) is 17.5 Å². The summed E-state index contributed by atoms with van der Waals surface area (Å²) in [6, 6.07) is 4.75. The number of amides is 2. The van der Waals surface area contributed by atoms with E-state index >= 15 is 0 Å². The molecule has 0 radical (unpaired) electrons. The van der Waals surface area contributed by atoms with Crippen LogP contribution >= 0.6 is 0 Å². The molecule has 1 aromatic rings. The van der Waals surface area contributed by atoms with Gasteiger partial charge in [-0.15, -0.1) is 5.10 Å². The van der Waals surface area contributed by atoms with Gasteiger partial charge in [0.1, 0.15) is 0 Å². The summed E-state index contributed by atoms with van der Waals surface area (Å²) in [6.07, 6.45) is 4.70.